The summed E-state index contributed by atoms with van der Waals surface area (Å²) in [6.07, 6.45) is -0.211. The number of anilines is 1. The standard InChI is InChI=1S/C24H32F4N2O3/c1-3-16-7-11-30(12-8-16)20(15(2)24(26,27)28)21(31)29-19-13-17(5-6-18(19)25)14-23(22(32)33)9-4-10-23/h5-6,13,15-16,20H,3-4,7-12,14H2,1-2H3,(H,29,31)(H,32,33)/t15-,20-/m1/s1. The highest BCUT2D eigenvalue weighted by atomic mass is 19.4. The first kappa shape index (κ1) is 25.5. The number of nitrogens with one attached hydrogen (secondary N) is 1. The Morgan fingerprint density at radius 2 is 1.88 bits per heavy atom. The van der Waals surface area contributed by atoms with Crippen LogP contribution in [0.5, 0.6) is 0 Å². The van der Waals surface area contributed by atoms with Crippen LogP contribution in [0.3, 0.4) is 0 Å². The fourth-order valence-corrected chi connectivity index (χ4v) is 4.97. The summed E-state index contributed by atoms with van der Waals surface area (Å²) in [6, 6.07) is 2.45. The molecule has 184 valence electrons. The van der Waals surface area contributed by atoms with Crippen LogP contribution >= 0.6 is 0 Å². The van der Waals surface area contributed by atoms with Crippen molar-refractivity contribution in [3.05, 3.63) is 29.6 Å². The largest absolute Gasteiger partial charge is 0.481 e. The van der Waals surface area contributed by atoms with Gasteiger partial charge in [0.2, 0.25) is 5.91 Å². The molecular formula is C24H32F4N2O3. The van der Waals surface area contributed by atoms with Gasteiger partial charge in [0.25, 0.3) is 0 Å². The van der Waals surface area contributed by atoms with Crippen molar-refractivity contribution in [2.45, 2.75) is 71.0 Å². The zero-order valence-electron chi connectivity index (χ0n) is 19.1. The Labute approximate surface area is 191 Å². The van der Waals surface area contributed by atoms with E-state index in [0.717, 1.165) is 25.8 Å². The van der Waals surface area contributed by atoms with E-state index in [1.54, 1.807) is 4.90 Å². The number of nitrogens with zero attached hydrogens (tertiary/aromatic N) is 1. The molecule has 0 aromatic heterocycles. The molecular weight excluding hydrogens is 440 g/mol. The fraction of sp³-hybridized carbons (Fsp3) is 0.667. The highest BCUT2D eigenvalue weighted by Gasteiger charge is 2.47. The average Bonchev–Trinajstić information content (AvgIpc) is 2.72. The number of alkyl halides is 3. The van der Waals surface area contributed by atoms with Crippen LogP contribution in [0.2, 0.25) is 0 Å². The number of piperidine rings is 1. The summed E-state index contributed by atoms with van der Waals surface area (Å²) in [5.74, 6) is -4.09. The molecule has 3 rings (SSSR count). The molecule has 1 heterocycles. The van der Waals surface area contributed by atoms with Gasteiger partial charge in [-0.3, -0.25) is 14.5 Å². The predicted octanol–water partition coefficient (Wildman–Crippen LogP) is 5.25. The molecule has 9 heteroatoms. The summed E-state index contributed by atoms with van der Waals surface area (Å²) < 4.78 is 55.3. The van der Waals surface area contributed by atoms with Crippen LogP contribution in [0.15, 0.2) is 18.2 Å². The minimum Gasteiger partial charge on any atom is -0.481 e. The summed E-state index contributed by atoms with van der Waals surface area (Å²) in [7, 11) is 0. The Balaban J connectivity index is 1.80. The minimum atomic E-state index is -4.58. The summed E-state index contributed by atoms with van der Waals surface area (Å²) in [5.41, 5.74) is -0.603. The lowest BCUT2D eigenvalue weighted by atomic mass is 9.65. The lowest BCUT2D eigenvalue weighted by molar-refractivity contribution is -0.189. The van der Waals surface area contributed by atoms with E-state index in [9.17, 15) is 32.3 Å². The van der Waals surface area contributed by atoms with Crippen molar-refractivity contribution in [1.29, 1.82) is 0 Å². The number of halogens is 4. The van der Waals surface area contributed by atoms with E-state index >= 15 is 0 Å². The van der Waals surface area contributed by atoms with Crippen LogP contribution in [0.25, 0.3) is 0 Å². The normalized spacial score (nSPS) is 21.2. The minimum absolute atomic E-state index is 0.179. The van der Waals surface area contributed by atoms with Crippen LogP contribution in [0.4, 0.5) is 23.2 Å². The van der Waals surface area contributed by atoms with Crippen molar-refractivity contribution in [3.63, 3.8) is 0 Å². The first-order chi connectivity index (χ1) is 15.5. The SMILES string of the molecule is CCC1CCN([C@@H](C(=O)Nc2cc(CC3(C(=O)O)CCC3)ccc2F)[C@@H](C)C(F)(F)F)CC1. The highest BCUT2D eigenvalue weighted by Crippen LogP contribution is 2.44. The van der Waals surface area contributed by atoms with E-state index in [0.29, 0.717) is 50.3 Å². The second-order valence-corrected chi connectivity index (χ2v) is 9.58. The Kier molecular flexibility index (Phi) is 7.71. The second kappa shape index (κ2) is 9.99. The number of hydrogen-bond acceptors (Lipinski definition) is 3. The third-order valence-electron chi connectivity index (χ3n) is 7.47. The Morgan fingerprint density at radius 1 is 1.24 bits per heavy atom. The van der Waals surface area contributed by atoms with Gasteiger partial charge in [0.05, 0.1) is 17.0 Å². The van der Waals surface area contributed by atoms with Crippen molar-refractivity contribution >= 4 is 17.6 Å². The number of carbonyl (C=O) groups excluding carboxylic acids is 1. The fourth-order valence-electron chi connectivity index (χ4n) is 4.97. The number of carboxylic acid groups (broad SMARTS) is 1. The Bertz CT molecular complexity index is 862. The molecule has 2 aliphatic rings. The van der Waals surface area contributed by atoms with Crippen molar-refractivity contribution in [2.24, 2.45) is 17.3 Å². The van der Waals surface area contributed by atoms with Gasteiger partial charge in [0.1, 0.15) is 11.9 Å². The number of likely N-dealkylation sites (tertiary alicyclic amines) is 1. The zero-order chi connectivity index (χ0) is 24.4. The number of aliphatic carboxylic acids is 1. The molecule has 0 radical (unpaired) electrons. The van der Waals surface area contributed by atoms with Crippen LogP contribution in [-0.2, 0) is 16.0 Å². The molecule has 33 heavy (non-hydrogen) atoms. The smallest absolute Gasteiger partial charge is 0.393 e. The molecule has 1 saturated heterocycles. The van der Waals surface area contributed by atoms with E-state index in [1.807, 2.05) is 6.92 Å². The molecule has 0 unspecified atom stereocenters. The number of hydrogen-bond donors (Lipinski definition) is 2. The molecule has 5 nitrogen and oxygen atoms in total. The number of rotatable bonds is 8. The molecule has 0 bridgehead atoms. The molecule has 1 aromatic carbocycles. The summed E-state index contributed by atoms with van der Waals surface area (Å²) >= 11 is 0. The van der Waals surface area contributed by atoms with Crippen molar-refractivity contribution in [2.75, 3.05) is 18.4 Å². The molecule has 1 aliphatic carbocycles. The van der Waals surface area contributed by atoms with Gasteiger partial charge in [0.15, 0.2) is 0 Å². The van der Waals surface area contributed by atoms with Gasteiger partial charge in [-0.05, 0) is 68.8 Å². The Morgan fingerprint density at radius 3 is 2.36 bits per heavy atom. The molecule has 2 atom stereocenters. The summed E-state index contributed by atoms with van der Waals surface area (Å²) in [6.45, 7) is 3.77. The predicted molar refractivity (Wildman–Crippen MR) is 116 cm³/mol. The van der Waals surface area contributed by atoms with Crippen molar-refractivity contribution in [1.82, 2.24) is 4.90 Å². The van der Waals surface area contributed by atoms with Gasteiger partial charge in [-0.25, -0.2) is 4.39 Å². The molecule has 0 spiro atoms. The van der Waals surface area contributed by atoms with Gasteiger partial charge in [0, 0.05) is 0 Å². The van der Waals surface area contributed by atoms with Crippen molar-refractivity contribution in [3.8, 4) is 0 Å². The van der Waals surface area contributed by atoms with E-state index in [4.69, 9.17) is 0 Å². The third-order valence-corrected chi connectivity index (χ3v) is 7.47. The van der Waals surface area contributed by atoms with E-state index in [-0.39, 0.29) is 12.1 Å². The maximum atomic E-state index is 14.5. The van der Waals surface area contributed by atoms with Crippen molar-refractivity contribution < 1.29 is 32.3 Å². The zero-order valence-corrected chi connectivity index (χ0v) is 19.1. The average molecular weight is 473 g/mol. The van der Waals surface area contributed by atoms with E-state index in [2.05, 4.69) is 5.32 Å². The third kappa shape index (κ3) is 5.67. The van der Waals surface area contributed by atoms with Gasteiger partial charge in [-0.15, -0.1) is 0 Å². The molecule has 2 N–H and O–H groups in total. The molecule has 2 fully saturated rings. The maximum absolute atomic E-state index is 14.5. The summed E-state index contributed by atoms with van der Waals surface area (Å²) in [4.78, 5) is 26.3. The van der Waals surface area contributed by atoms with E-state index in [1.165, 1.54) is 12.1 Å². The van der Waals surface area contributed by atoms with Crippen LogP contribution in [-0.4, -0.2) is 47.2 Å². The topological polar surface area (TPSA) is 69.6 Å². The number of benzene rings is 1. The number of amides is 1. The van der Waals surface area contributed by atoms with E-state index < -0.39 is 41.2 Å². The lowest BCUT2D eigenvalue weighted by Crippen LogP contribution is -2.54. The van der Waals surface area contributed by atoms with Crippen LogP contribution in [0.1, 0.15) is 57.9 Å². The molecule has 1 saturated carbocycles. The highest BCUT2D eigenvalue weighted by molar-refractivity contribution is 5.95. The first-order valence-electron chi connectivity index (χ1n) is 11.6. The van der Waals surface area contributed by atoms with Gasteiger partial charge < -0.3 is 10.4 Å². The molecule has 1 aliphatic heterocycles. The van der Waals surface area contributed by atoms with Crippen LogP contribution < -0.4 is 5.32 Å². The molecule has 1 aromatic rings. The van der Waals surface area contributed by atoms with Gasteiger partial charge in [-0.2, -0.15) is 13.2 Å². The number of carbonyl (C=O) groups is 2. The Hall–Kier alpha value is -2.16. The van der Waals surface area contributed by atoms with Gasteiger partial charge in [-0.1, -0.05) is 32.8 Å². The quantitative estimate of drug-likeness (QED) is 0.507. The maximum Gasteiger partial charge on any atom is 0.393 e. The number of carboxylic acids is 1. The summed E-state index contributed by atoms with van der Waals surface area (Å²) in [5, 5.41) is 11.9. The van der Waals surface area contributed by atoms with Crippen LogP contribution in [0, 0.1) is 23.1 Å². The van der Waals surface area contributed by atoms with Gasteiger partial charge >= 0.3 is 12.1 Å². The molecule has 1 amide bonds. The first-order valence-corrected chi connectivity index (χ1v) is 11.6. The second-order valence-electron chi connectivity index (χ2n) is 9.58. The lowest BCUT2D eigenvalue weighted by Gasteiger charge is -2.39. The monoisotopic (exact) mass is 472 g/mol.